The lowest BCUT2D eigenvalue weighted by Gasteiger charge is -2.02. The number of hydrogen-bond acceptors (Lipinski definition) is 5. The van der Waals surface area contributed by atoms with E-state index < -0.39 is 18.7 Å². The van der Waals surface area contributed by atoms with E-state index in [4.69, 9.17) is 4.52 Å². The second-order valence-corrected chi connectivity index (χ2v) is 3.69. The van der Waals surface area contributed by atoms with Gasteiger partial charge in [-0.05, 0) is 6.42 Å². The lowest BCUT2D eigenvalue weighted by atomic mass is 10.2. The first kappa shape index (κ1) is 11.3. The van der Waals surface area contributed by atoms with Crippen LogP contribution in [-0.4, -0.2) is 34.1 Å². The first-order valence-electron chi connectivity index (χ1n) is 4.75. The number of aromatic nitrogens is 2. The van der Waals surface area contributed by atoms with E-state index >= 15 is 0 Å². The van der Waals surface area contributed by atoms with E-state index in [0.29, 0.717) is 13.0 Å². The number of rotatable bonds is 2. The van der Waals surface area contributed by atoms with E-state index in [1.165, 1.54) is 0 Å². The molecule has 0 amide bonds. The molecular formula is C8H10F3N3O2. The van der Waals surface area contributed by atoms with Gasteiger partial charge in [0, 0.05) is 6.54 Å². The van der Waals surface area contributed by atoms with Crippen LogP contribution in [0.2, 0.25) is 0 Å². The quantitative estimate of drug-likeness (QED) is 0.786. The Balaban J connectivity index is 2.02. The molecule has 1 aliphatic heterocycles. The zero-order valence-corrected chi connectivity index (χ0v) is 8.16. The van der Waals surface area contributed by atoms with Crippen molar-refractivity contribution in [2.24, 2.45) is 0 Å². The monoisotopic (exact) mass is 237 g/mol. The summed E-state index contributed by atoms with van der Waals surface area (Å²) in [6, 6.07) is -0.357. The minimum absolute atomic E-state index is 0.0933. The van der Waals surface area contributed by atoms with Gasteiger partial charge in [0.05, 0.1) is 12.1 Å². The Labute approximate surface area is 88.6 Å². The second-order valence-electron chi connectivity index (χ2n) is 3.69. The summed E-state index contributed by atoms with van der Waals surface area (Å²) in [7, 11) is 0. The topological polar surface area (TPSA) is 71.2 Å². The fourth-order valence-corrected chi connectivity index (χ4v) is 1.57. The summed E-state index contributed by atoms with van der Waals surface area (Å²) < 4.78 is 40.7. The van der Waals surface area contributed by atoms with Crippen molar-refractivity contribution in [1.82, 2.24) is 15.5 Å². The van der Waals surface area contributed by atoms with Crippen LogP contribution in [0.1, 0.15) is 24.2 Å². The molecule has 0 radical (unpaired) electrons. The van der Waals surface area contributed by atoms with Crippen LogP contribution in [-0.2, 0) is 6.42 Å². The largest absolute Gasteiger partial charge is 0.396 e. The molecule has 1 aliphatic rings. The average molecular weight is 237 g/mol. The van der Waals surface area contributed by atoms with Gasteiger partial charge in [0.15, 0.2) is 5.82 Å². The second kappa shape index (κ2) is 4.02. The molecule has 2 N–H and O–H groups in total. The van der Waals surface area contributed by atoms with E-state index in [0.717, 1.165) is 0 Å². The summed E-state index contributed by atoms with van der Waals surface area (Å²) in [5.74, 6) is -0.290. The highest BCUT2D eigenvalue weighted by atomic mass is 19.4. The van der Waals surface area contributed by atoms with Crippen LogP contribution in [0.5, 0.6) is 0 Å². The molecule has 2 rings (SSSR count). The number of nitrogens with one attached hydrogen (secondary N) is 1. The molecule has 90 valence electrons. The van der Waals surface area contributed by atoms with Crippen LogP contribution >= 0.6 is 0 Å². The minimum atomic E-state index is -4.34. The Bertz CT molecular complexity index is 366. The third kappa shape index (κ3) is 2.70. The molecule has 0 saturated carbocycles. The highest BCUT2D eigenvalue weighted by Gasteiger charge is 2.33. The average Bonchev–Trinajstić information content (AvgIpc) is 2.71. The van der Waals surface area contributed by atoms with Crippen molar-refractivity contribution in [3.63, 3.8) is 0 Å². The zero-order chi connectivity index (χ0) is 11.8. The van der Waals surface area contributed by atoms with E-state index in [2.05, 4.69) is 15.5 Å². The molecule has 1 aromatic heterocycles. The van der Waals surface area contributed by atoms with Crippen LogP contribution in [0, 0.1) is 0 Å². The smallest absolute Gasteiger partial charge is 0.392 e. The van der Waals surface area contributed by atoms with Gasteiger partial charge in [-0.3, -0.25) is 0 Å². The molecule has 1 fully saturated rings. The third-order valence-corrected chi connectivity index (χ3v) is 2.25. The fraction of sp³-hybridized carbons (Fsp3) is 0.750. The van der Waals surface area contributed by atoms with Gasteiger partial charge in [0.2, 0.25) is 5.89 Å². The normalized spacial score (nSPS) is 26.2. The van der Waals surface area contributed by atoms with Gasteiger partial charge >= 0.3 is 6.18 Å². The van der Waals surface area contributed by atoms with Crippen LogP contribution in [0.15, 0.2) is 4.52 Å². The summed E-state index contributed by atoms with van der Waals surface area (Å²) in [4.78, 5) is 3.64. The highest BCUT2D eigenvalue weighted by molar-refractivity contribution is 4.98. The van der Waals surface area contributed by atoms with Crippen molar-refractivity contribution in [1.29, 1.82) is 0 Å². The standard InChI is InChI=1S/C8H10F3N3O2/c9-8(10,11)2-6-13-7(16-14-6)5-1-4(15)3-12-5/h4-5,12,15H,1-3H2/t4-,5-/m0/s1. The van der Waals surface area contributed by atoms with Gasteiger partial charge in [0.1, 0.15) is 6.42 Å². The Morgan fingerprint density at radius 1 is 1.50 bits per heavy atom. The van der Waals surface area contributed by atoms with Gasteiger partial charge in [-0.25, -0.2) is 0 Å². The number of aliphatic hydroxyl groups is 1. The Morgan fingerprint density at radius 3 is 2.81 bits per heavy atom. The molecule has 2 heterocycles. The van der Waals surface area contributed by atoms with E-state index in [1.807, 2.05) is 0 Å². The molecule has 5 nitrogen and oxygen atoms in total. The summed E-state index contributed by atoms with van der Waals surface area (Å²) in [5, 5.41) is 15.3. The summed E-state index contributed by atoms with van der Waals surface area (Å²) in [6.45, 7) is 0.377. The van der Waals surface area contributed by atoms with Crippen molar-refractivity contribution in [2.45, 2.75) is 31.2 Å². The molecule has 0 aromatic carbocycles. The molecule has 0 bridgehead atoms. The molecule has 2 atom stereocenters. The maximum absolute atomic E-state index is 12.0. The molecule has 0 aliphatic carbocycles. The van der Waals surface area contributed by atoms with Crippen LogP contribution < -0.4 is 5.32 Å². The number of nitrogens with zero attached hydrogens (tertiary/aromatic N) is 2. The maximum atomic E-state index is 12.0. The first-order chi connectivity index (χ1) is 7.44. The molecule has 1 aromatic rings. The van der Waals surface area contributed by atoms with Crippen molar-refractivity contribution >= 4 is 0 Å². The Kier molecular flexibility index (Phi) is 2.85. The third-order valence-electron chi connectivity index (χ3n) is 2.25. The van der Waals surface area contributed by atoms with E-state index in [9.17, 15) is 18.3 Å². The van der Waals surface area contributed by atoms with Gasteiger partial charge in [0.25, 0.3) is 0 Å². The predicted molar refractivity (Wildman–Crippen MR) is 45.4 cm³/mol. The van der Waals surface area contributed by atoms with Crippen molar-refractivity contribution in [3.05, 3.63) is 11.7 Å². The van der Waals surface area contributed by atoms with Gasteiger partial charge in [-0.1, -0.05) is 5.16 Å². The van der Waals surface area contributed by atoms with Crippen LogP contribution in [0.4, 0.5) is 13.2 Å². The summed E-state index contributed by atoms with van der Waals surface area (Å²) >= 11 is 0. The van der Waals surface area contributed by atoms with Crippen molar-refractivity contribution < 1.29 is 22.8 Å². The molecular weight excluding hydrogens is 227 g/mol. The number of hydrogen-bond donors (Lipinski definition) is 2. The molecule has 8 heteroatoms. The number of halogens is 3. The van der Waals surface area contributed by atoms with E-state index in [1.54, 1.807) is 0 Å². The van der Waals surface area contributed by atoms with Gasteiger partial charge < -0.3 is 14.9 Å². The number of aliphatic hydroxyl groups excluding tert-OH is 1. The Morgan fingerprint density at radius 2 is 2.25 bits per heavy atom. The predicted octanol–water partition coefficient (Wildman–Crippen LogP) is 0.570. The molecule has 1 saturated heterocycles. The number of β-amino-alcohol motifs (C(OH)–C–C–N with tert-alkyl or cyclic N) is 1. The summed E-state index contributed by atoms with van der Waals surface area (Å²) in [6.07, 6.45) is -5.70. The van der Waals surface area contributed by atoms with Crippen LogP contribution in [0.25, 0.3) is 0 Å². The minimum Gasteiger partial charge on any atom is -0.392 e. The first-order valence-corrected chi connectivity index (χ1v) is 4.75. The highest BCUT2D eigenvalue weighted by Crippen LogP contribution is 2.24. The maximum Gasteiger partial charge on any atom is 0.396 e. The molecule has 0 unspecified atom stereocenters. The Hall–Kier alpha value is -1.15. The lowest BCUT2D eigenvalue weighted by Crippen LogP contribution is -2.15. The van der Waals surface area contributed by atoms with Crippen molar-refractivity contribution in [3.8, 4) is 0 Å². The van der Waals surface area contributed by atoms with Gasteiger partial charge in [-0.15, -0.1) is 0 Å². The SMILES string of the molecule is O[C@@H]1CN[C@H](c2nc(CC(F)(F)F)no2)C1. The summed E-state index contributed by atoms with van der Waals surface area (Å²) in [5.41, 5.74) is 0. The fourth-order valence-electron chi connectivity index (χ4n) is 1.57. The number of alkyl halides is 3. The zero-order valence-electron chi connectivity index (χ0n) is 8.16. The molecule has 16 heavy (non-hydrogen) atoms. The van der Waals surface area contributed by atoms with Crippen LogP contribution in [0.3, 0.4) is 0 Å². The molecule has 0 spiro atoms. The van der Waals surface area contributed by atoms with Crippen molar-refractivity contribution in [2.75, 3.05) is 6.54 Å². The lowest BCUT2D eigenvalue weighted by molar-refractivity contribution is -0.128. The van der Waals surface area contributed by atoms with E-state index in [-0.39, 0.29) is 17.8 Å². The van der Waals surface area contributed by atoms with Gasteiger partial charge in [-0.2, -0.15) is 18.2 Å².